The summed E-state index contributed by atoms with van der Waals surface area (Å²) in [6.07, 6.45) is 3.10. The monoisotopic (exact) mass is 358 g/mol. The van der Waals surface area contributed by atoms with Crippen LogP contribution in [0.3, 0.4) is 0 Å². The molecule has 3 heterocycles. The highest BCUT2D eigenvalue weighted by Crippen LogP contribution is 2.26. The molecule has 2 aliphatic rings. The van der Waals surface area contributed by atoms with Crippen LogP contribution in [-0.2, 0) is 6.54 Å². The second-order valence-electron chi connectivity index (χ2n) is 7.17. The number of fused-ring (bicyclic) bond motifs is 2. The zero-order chi connectivity index (χ0) is 18.2. The van der Waals surface area contributed by atoms with Gasteiger partial charge in [0.25, 0.3) is 5.56 Å². The van der Waals surface area contributed by atoms with Gasteiger partial charge in [0.1, 0.15) is 5.82 Å². The van der Waals surface area contributed by atoms with Crippen molar-refractivity contribution >= 4 is 22.2 Å². The van der Waals surface area contributed by atoms with Crippen LogP contribution in [-0.4, -0.2) is 40.6 Å². The maximum atomic E-state index is 12.7. The van der Waals surface area contributed by atoms with Crippen LogP contribution in [0, 0.1) is 0 Å². The number of anilines is 1. The minimum atomic E-state index is 0.0768. The van der Waals surface area contributed by atoms with E-state index in [0.29, 0.717) is 5.39 Å². The van der Waals surface area contributed by atoms with Crippen LogP contribution in [0.15, 0.2) is 65.6 Å². The van der Waals surface area contributed by atoms with E-state index in [1.54, 1.807) is 0 Å². The zero-order valence-corrected chi connectivity index (χ0v) is 15.2. The molecule has 27 heavy (non-hydrogen) atoms. The van der Waals surface area contributed by atoms with Crippen molar-refractivity contribution in [2.24, 2.45) is 0 Å². The highest BCUT2D eigenvalue weighted by atomic mass is 16.1. The maximum Gasteiger partial charge on any atom is 0.261 e. The molecule has 0 saturated carbocycles. The van der Waals surface area contributed by atoms with Crippen LogP contribution in [0.2, 0.25) is 0 Å². The highest BCUT2D eigenvalue weighted by molar-refractivity contribution is 5.79. The fourth-order valence-corrected chi connectivity index (χ4v) is 4.06. The summed E-state index contributed by atoms with van der Waals surface area (Å²) in [7, 11) is 0. The number of allylic oxidation sites excluding steroid dienone is 1. The van der Waals surface area contributed by atoms with E-state index in [2.05, 4.69) is 46.3 Å². The first-order chi connectivity index (χ1) is 13.3. The molecule has 1 saturated heterocycles. The van der Waals surface area contributed by atoms with Crippen LogP contribution in [0.4, 0.5) is 5.69 Å². The molecular formula is C22H22N4O. The first-order valence-corrected chi connectivity index (χ1v) is 9.54. The van der Waals surface area contributed by atoms with Gasteiger partial charge in [-0.25, -0.2) is 4.98 Å². The van der Waals surface area contributed by atoms with Gasteiger partial charge >= 0.3 is 0 Å². The van der Waals surface area contributed by atoms with Gasteiger partial charge in [0.05, 0.1) is 10.9 Å². The molecule has 0 radical (unpaired) electrons. The molecule has 136 valence electrons. The smallest absolute Gasteiger partial charge is 0.261 e. The molecule has 0 amide bonds. The van der Waals surface area contributed by atoms with Crippen LogP contribution < -0.4 is 10.5 Å². The van der Waals surface area contributed by atoms with Crippen LogP contribution in [0.5, 0.6) is 0 Å². The van der Waals surface area contributed by atoms with Gasteiger partial charge in [0.2, 0.25) is 0 Å². The maximum absolute atomic E-state index is 12.7. The van der Waals surface area contributed by atoms with Crippen LogP contribution in [0.1, 0.15) is 12.2 Å². The minimum Gasteiger partial charge on any atom is -0.373 e. The second kappa shape index (κ2) is 6.58. The highest BCUT2D eigenvalue weighted by Gasteiger charge is 2.22. The van der Waals surface area contributed by atoms with Crippen molar-refractivity contribution in [2.45, 2.75) is 13.0 Å². The molecule has 2 aliphatic heterocycles. The van der Waals surface area contributed by atoms with Crippen molar-refractivity contribution in [3.8, 4) is 0 Å². The summed E-state index contributed by atoms with van der Waals surface area (Å²) in [5, 5.41) is 0.707. The SMILES string of the molecule is O=c1c2ccccc2nc2n1CC/C2=C\N1CCN(c2ccccc2)CC1. The first kappa shape index (κ1) is 16.1. The quantitative estimate of drug-likeness (QED) is 0.706. The van der Waals surface area contributed by atoms with Gasteiger partial charge in [0.15, 0.2) is 0 Å². The van der Waals surface area contributed by atoms with Crippen LogP contribution >= 0.6 is 0 Å². The largest absolute Gasteiger partial charge is 0.373 e. The minimum absolute atomic E-state index is 0.0768. The van der Waals surface area contributed by atoms with E-state index in [1.807, 2.05) is 28.8 Å². The van der Waals surface area contributed by atoms with Gasteiger partial charge in [-0.15, -0.1) is 0 Å². The van der Waals surface area contributed by atoms with Gasteiger partial charge in [-0.1, -0.05) is 30.3 Å². The molecule has 3 aromatic rings. The third-order valence-corrected chi connectivity index (χ3v) is 5.53. The Hall–Kier alpha value is -3.08. The number of hydrogen-bond acceptors (Lipinski definition) is 4. The van der Waals surface area contributed by atoms with Crippen molar-refractivity contribution in [3.63, 3.8) is 0 Å². The molecule has 5 nitrogen and oxygen atoms in total. The van der Waals surface area contributed by atoms with Crippen LogP contribution in [0.25, 0.3) is 16.5 Å². The molecule has 0 unspecified atom stereocenters. The van der Waals surface area contributed by atoms with E-state index in [0.717, 1.165) is 50.5 Å². The van der Waals surface area contributed by atoms with Crippen molar-refractivity contribution in [3.05, 3.63) is 77.0 Å². The Morgan fingerprint density at radius 3 is 2.41 bits per heavy atom. The number of benzene rings is 2. The summed E-state index contributed by atoms with van der Waals surface area (Å²) < 4.78 is 1.83. The fourth-order valence-electron chi connectivity index (χ4n) is 4.06. The number of piperazine rings is 1. The number of hydrogen-bond donors (Lipinski definition) is 0. The van der Waals surface area contributed by atoms with E-state index in [-0.39, 0.29) is 5.56 Å². The first-order valence-electron chi connectivity index (χ1n) is 9.54. The molecule has 0 atom stereocenters. The molecular weight excluding hydrogens is 336 g/mol. The topological polar surface area (TPSA) is 41.4 Å². The summed E-state index contributed by atoms with van der Waals surface area (Å²) in [4.78, 5) is 22.3. The summed E-state index contributed by atoms with van der Waals surface area (Å²) in [5.41, 5.74) is 3.32. The van der Waals surface area contributed by atoms with Crippen molar-refractivity contribution in [2.75, 3.05) is 31.1 Å². The number of para-hydroxylation sites is 2. The number of aromatic nitrogens is 2. The van der Waals surface area contributed by atoms with Gasteiger partial charge in [-0.2, -0.15) is 0 Å². The predicted octanol–water partition coefficient (Wildman–Crippen LogP) is 2.96. The van der Waals surface area contributed by atoms with E-state index in [4.69, 9.17) is 4.98 Å². The van der Waals surface area contributed by atoms with Crippen molar-refractivity contribution in [1.82, 2.24) is 14.5 Å². The summed E-state index contributed by atoms with van der Waals surface area (Å²) in [6, 6.07) is 18.2. The zero-order valence-electron chi connectivity index (χ0n) is 15.2. The summed E-state index contributed by atoms with van der Waals surface area (Å²) in [6.45, 7) is 4.70. The fraction of sp³-hybridized carbons (Fsp3) is 0.273. The Labute approximate surface area is 158 Å². The lowest BCUT2D eigenvalue weighted by Crippen LogP contribution is -2.44. The second-order valence-corrected chi connectivity index (χ2v) is 7.17. The molecule has 0 N–H and O–H groups in total. The lowest BCUT2D eigenvalue weighted by Gasteiger charge is -2.35. The summed E-state index contributed by atoms with van der Waals surface area (Å²) >= 11 is 0. The molecule has 0 aliphatic carbocycles. The number of rotatable bonds is 2. The van der Waals surface area contributed by atoms with Gasteiger partial charge in [-0.05, 0) is 30.7 Å². The van der Waals surface area contributed by atoms with Crippen molar-refractivity contribution in [1.29, 1.82) is 0 Å². The Balaban J connectivity index is 1.39. The summed E-state index contributed by atoms with van der Waals surface area (Å²) in [5.74, 6) is 0.837. The predicted molar refractivity (Wildman–Crippen MR) is 109 cm³/mol. The lowest BCUT2D eigenvalue weighted by atomic mass is 10.2. The Morgan fingerprint density at radius 2 is 1.59 bits per heavy atom. The number of nitrogens with zero attached hydrogens (tertiary/aromatic N) is 4. The Bertz CT molecular complexity index is 1060. The van der Waals surface area contributed by atoms with E-state index in [1.165, 1.54) is 11.3 Å². The van der Waals surface area contributed by atoms with E-state index < -0.39 is 0 Å². The lowest BCUT2D eigenvalue weighted by molar-refractivity contribution is 0.349. The third-order valence-electron chi connectivity index (χ3n) is 5.53. The molecule has 1 fully saturated rings. The Kier molecular flexibility index (Phi) is 3.93. The molecule has 5 heteroatoms. The average Bonchev–Trinajstić information content (AvgIpc) is 3.12. The average molecular weight is 358 g/mol. The van der Waals surface area contributed by atoms with E-state index in [9.17, 15) is 4.79 Å². The standard InChI is InChI=1S/C22H22N4O/c27-22-19-8-4-5-9-20(19)23-21-17(10-11-26(21)22)16-24-12-14-25(15-13-24)18-6-2-1-3-7-18/h1-9,16H,10-15H2/b17-16+. The Morgan fingerprint density at radius 1 is 0.852 bits per heavy atom. The van der Waals surface area contributed by atoms with Gasteiger partial charge in [-0.3, -0.25) is 9.36 Å². The molecule has 0 spiro atoms. The van der Waals surface area contributed by atoms with Gasteiger partial charge in [0, 0.05) is 50.2 Å². The van der Waals surface area contributed by atoms with Gasteiger partial charge < -0.3 is 9.80 Å². The molecule has 0 bridgehead atoms. The third kappa shape index (κ3) is 2.89. The molecule has 1 aromatic heterocycles. The molecule has 2 aromatic carbocycles. The van der Waals surface area contributed by atoms with Crippen molar-refractivity contribution < 1.29 is 0 Å². The normalized spacial score (nSPS) is 18.3. The van der Waals surface area contributed by atoms with E-state index >= 15 is 0 Å². The molecule has 5 rings (SSSR count).